The van der Waals surface area contributed by atoms with Gasteiger partial charge in [0, 0.05) is 31.6 Å². The molecule has 8 nitrogen and oxygen atoms in total. The van der Waals surface area contributed by atoms with Crippen LogP contribution in [-0.4, -0.2) is 40.1 Å². The molecular formula is C21H27N5O3. The van der Waals surface area contributed by atoms with E-state index in [0.717, 1.165) is 30.5 Å². The maximum Gasteiger partial charge on any atom is 0.321 e. The lowest BCUT2D eigenvalue weighted by Crippen LogP contribution is -2.54. The van der Waals surface area contributed by atoms with Gasteiger partial charge in [0.15, 0.2) is 5.82 Å². The molecule has 29 heavy (non-hydrogen) atoms. The molecular weight excluding hydrogens is 370 g/mol. The van der Waals surface area contributed by atoms with E-state index in [0.29, 0.717) is 37.6 Å². The molecule has 4 rings (SSSR count). The van der Waals surface area contributed by atoms with Crippen LogP contribution in [-0.2, 0) is 10.3 Å². The molecule has 154 valence electrons. The van der Waals surface area contributed by atoms with Crippen molar-refractivity contribution in [1.82, 2.24) is 20.4 Å². The molecule has 1 aliphatic heterocycles. The molecule has 0 radical (unpaired) electrons. The number of nitrogens with zero attached hydrogens (tertiary/aromatic N) is 3. The summed E-state index contributed by atoms with van der Waals surface area (Å²) in [5, 5.41) is 10.1. The molecule has 0 atom stereocenters. The van der Waals surface area contributed by atoms with Crippen LogP contribution in [0.3, 0.4) is 0 Å². The Balaban J connectivity index is 1.31. The summed E-state index contributed by atoms with van der Waals surface area (Å²) in [6.07, 6.45) is 3.99. The second-order valence-corrected chi connectivity index (χ2v) is 8.12. The van der Waals surface area contributed by atoms with Crippen LogP contribution in [0.25, 0.3) is 0 Å². The Morgan fingerprint density at radius 3 is 2.55 bits per heavy atom. The highest BCUT2D eigenvalue weighted by Crippen LogP contribution is 2.40. The third kappa shape index (κ3) is 4.11. The van der Waals surface area contributed by atoms with Crippen molar-refractivity contribution in [1.29, 1.82) is 0 Å². The zero-order valence-electron chi connectivity index (χ0n) is 16.9. The number of carbonyl (C=O) groups is 2. The smallest absolute Gasteiger partial charge is 0.321 e. The highest BCUT2D eigenvalue weighted by atomic mass is 16.5. The number of nitrogens with one attached hydrogen (secondary N) is 2. The molecule has 2 aliphatic rings. The van der Waals surface area contributed by atoms with Crippen molar-refractivity contribution < 1.29 is 14.1 Å². The van der Waals surface area contributed by atoms with Crippen molar-refractivity contribution in [2.45, 2.75) is 51.5 Å². The quantitative estimate of drug-likeness (QED) is 0.826. The Bertz CT molecular complexity index is 897. The lowest BCUT2D eigenvalue weighted by atomic mass is 9.75. The lowest BCUT2D eigenvalue weighted by Gasteiger charge is -2.41. The number of hydrogen-bond donors (Lipinski definition) is 2. The number of amides is 3. The van der Waals surface area contributed by atoms with Crippen LogP contribution in [0.5, 0.6) is 0 Å². The van der Waals surface area contributed by atoms with Gasteiger partial charge in [0.2, 0.25) is 11.8 Å². The van der Waals surface area contributed by atoms with Crippen molar-refractivity contribution in [2.75, 3.05) is 18.4 Å². The lowest BCUT2D eigenvalue weighted by molar-refractivity contribution is -0.129. The van der Waals surface area contributed by atoms with Crippen LogP contribution in [0, 0.1) is 19.8 Å². The number of piperidine rings is 1. The number of aromatic nitrogens is 2. The van der Waals surface area contributed by atoms with Gasteiger partial charge in [-0.05, 0) is 56.7 Å². The van der Waals surface area contributed by atoms with E-state index >= 15 is 0 Å². The van der Waals surface area contributed by atoms with Crippen molar-refractivity contribution in [3.05, 3.63) is 41.5 Å². The normalized spacial score (nSPS) is 18.8. The predicted molar refractivity (Wildman–Crippen MR) is 107 cm³/mol. The molecule has 3 amide bonds. The van der Waals surface area contributed by atoms with E-state index in [1.165, 1.54) is 0 Å². The van der Waals surface area contributed by atoms with Crippen LogP contribution >= 0.6 is 0 Å². The van der Waals surface area contributed by atoms with Gasteiger partial charge in [-0.2, -0.15) is 4.98 Å². The molecule has 2 N–H and O–H groups in total. The highest BCUT2D eigenvalue weighted by Gasteiger charge is 2.45. The van der Waals surface area contributed by atoms with Crippen molar-refractivity contribution in [3.8, 4) is 0 Å². The summed E-state index contributed by atoms with van der Waals surface area (Å²) in [4.78, 5) is 31.5. The first kappa shape index (κ1) is 19.4. The molecule has 1 aromatic carbocycles. The zero-order chi connectivity index (χ0) is 20.4. The van der Waals surface area contributed by atoms with Crippen molar-refractivity contribution in [2.24, 2.45) is 5.92 Å². The van der Waals surface area contributed by atoms with E-state index in [1.807, 2.05) is 31.2 Å². The van der Waals surface area contributed by atoms with Gasteiger partial charge in [0.05, 0.1) is 0 Å². The fourth-order valence-corrected chi connectivity index (χ4v) is 4.04. The molecule has 8 heteroatoms. The minimum atomic E-state index is -0.492. The number of urea groups is 1. The predicted octanol–water partition coefficient (Wildman–Crippen LogP) is 3.13. The maximum atomic E-state index is 12.9. The number of likely N-dealkylation sites (tertiary alicyclic amines) is 1. The molecule has 0 bridgehead atoms. The molecule has 2 aromatic rings. The van der Waals surface area contributed by atoms with Crippen molar-refractivity contribution >= 4 is 17.6 Å². The van der Waals surface area contributed by atoms with E-state index in [4.69, 9.17) is 4.52 Å². The average Bonchev–Trinajstić information content (AvgIpc) is 3.11. The largest absolute Gasteiger partial charge is 0.343 e. The number of benzene rings is 1. The summed E-state index contributed by atoms with van der Waals surface area (Å²) in [5.41, 5.74) is 1.39. The SMILES string of the molecule is Cc1cccc(NC(=O)N2CCC(C(=O)NC3(c4noc(C)n4)CCC3)CC2)c1. The second kappa shape index (κ2) is 7.85. The number of rotatable bonds is 4. The van der Waals surface area contributed by atoms with Gasteiger partial charge in [-0.3, -0.25) is 4.79 Å². The Hall–Kier alpha value is -2.90. The standard InChI is InChI=1S/C21H27N5O3/c1-14-5-3-6-17(13-14)23-20(28)26-11-7-16(8-12-26)18(27)24-21(9-4-10-21)19-22-15(2)29-25-19/h3,5-6,13,16H,4,7-12H2,1-2H3,(H,23,28)(H,24,27). The van der Waals surface area contributed by atoms with Gasteiger partial charge in [-0.1, -0.05) is 17.3 Å². The highest BCUT2D eigenvalue weighted by molar-refractivity contribution is 5.89. The topological polar surface area (TPSA) is 100 Å². The monoisotopic (exact) mass is 397 g/mol. The fourth-order valence-electron chi connectivity index (χ4n) is 4.04. The minimum absolute atomic E-state index is 0.0193. The molecule has 1 aliphatic carbocycles. The van der Waals surface area contributed by atoms with Gasteiger partial charge in [0.1, 0.15) is 5.54 Å². The summed E-state index contributed by atoms with van der Waals surface area (Å²) in [6, 6.07) is 7.61. The van der Waals surface area contributed by atoms with E-state index in [1.54, 1.807) is 11.8 Å². The van der Waals surface area contributed by atoms with E-state index in [2.05, 4.69) is 20.8 Å². The third-order valence-corrected chi connectivity index (χ3v) is 5.95. The van der Waals surface area contributed by atoms with Crippen LogP contribution < -0.4 is 10.6 Å². The summed E-state index contributed by atoms with van der Waals surface area (Å²) in [7, 11) is 0. The van der Waals surface area contributed by atoms with Gasteiger partial charge >= 0.3 is 6.03 Å². The van der Waals surface area contributed by atoms with E-state index < -0.39 is 5.54 Å². The zero-order valence-corrected chi connectivity index (χ0v) is 16.9. The first-order valence-corrected chi connectivity index (χ1v) is 10.2. The number of aryl methyl sites for hydroxylation is 2. The van der Waals surface area contributed by atoms with Gasteiger partial charge < -0.3 is 20.1 Å². The summed E-state index contributed by atoms with van der Waals surface area (Å²) < 4.78 is 5.11. The van der Waals surface area contributed by atoms with Gasteiger partial charge in [-0.25, -0.2) is 4.79 Å². The number of carbonyl (C=O) groups excluding carboxylic acids is 2. The van der Waals surface area contributed by atoms with E-state index in [9.17, 15) is 9.59 Å². The first-order chi connectivity index (χ1) is 13.9. The van der Waals surface area contributed by atoms with Crippen molar-refractivity contribution in [3.63, 3.8) is 0 Å². The van der Waals surface area contributed by atoms with Crippen LogP contribution in [0.2, 0.25) is 0 Å². The molecule has 1 saturated heterocycles. The van der Waals surface area contributed by atoms with Crippen LogP contribution in [0.1, 0.15) is 49.4 Å². The number of anilines is 1. The minimum Gasteiger partial charge on any atom is -0.343 e. The fraction of sp³-hybridized carbons (Fsp3) is 0.524. The Labute approximate surface area is 170 Å². The summed E-state index contributed by atoms with van der Waals surface area (Å²) in [5.74, 6) is 0.993. The van der Waals surface area contributed by atoms with Crippen LogP contribution in [0.15, 0.2) is 28.8 Å². The van der Waals surface area contributed by atoms with Gasteiger partial charge in [-0.15, -0.1) is 0 Å². The molecule has 1 aromatic heterocycles. The molecule has 0 spiro atoms. The summed E-state index contributed by atoms with van der Waals surface area (Å²) >= 11 is 0. The first-order valence-electron chi connectivity index (χ1n) is 10.2. The molecule has 2 fully saturated rings. The Morgan fingerprint density at radius 2 is 1.97 bits per heavy atom. The molecule has 1 saturated carbocycles. The Kier molecular flexibility index (Phi) is 5.25. The molecule has 2 heterocycles. The van der Waals surface area contributed by atoms with Crippen LogP contribution in [0.4, 0.5) is 10.5 Å². The van der Waals surface area contributed by atoms with E-state index in [-0.39, 0.29) is 17.9 Å². The number of hydrogen-bond acceptors (Lipinski definition) is 5. The second-order valence-electron chi connectivity index (χ2n) is 8.12. The van der Waals surface area contributed by atoms with Gasteiger partial charge in [0.25, 0.3) is 0 Å². The third-order valence-electron chi connectivity index (χ3n) is 5.95. The molecule has 0 unspecified atom stereocenters. The average molecular weight is 397 g/mol. The summed E-state index contributed by atoms with van der Waals surface area (Å²) in [6.45, 7) is 4.86. The maximum absolute atomic E-state index is 12.9. The Morgan fingerprint density at radius 1 is 1.21 bits per heavy atom.